The zero-order valence-electron chi connectivity index (χ0n) is 32.7. The van der Waals surface area contributed by atoms with E-state index >= 15 is 0 Å². The second-order valence-corrected chi connectivity index (χ2v) is 17.3. The molecule has 2 heterocycles. The van der Waals surface area contributed by atoms with Crippen molar-refractivity contribution in [1.82, 2.24) is 9.97 Å². The fourth-order valence-corrected chi connectivity index (χ4v) is 11.1. The maximum Gasteiger partial charge on any atom is 0.124 e. The molecule has 1 aliphatic rings. The largest absolute Gasteiger partial charge is 0.236 e. The van der Waals surface area contributed by atoms with Crippen molar-refractivity contribution in [3.63, 3.8) is 0 Å². The van der Waals surface area contributed by atoms with Gasteiger partial charge in [0, 0.05) is 17.0 Å². The Morgan fingerprint density at radius 3 is 1.35 bits per heavy atom. The maximum atomic E-state index is 5.05. The average molecular weight is 803 g/mol. The first-order chi connectivity index (χ1) is 29.7. The molecule has 0 saturated heterocycles. The van der Waals surface area contributed by atoms with Crippen LogP contribution in [0.1, 0.15) is 39.3 Å². The fraction of sp³-hybridized carbons (Fsp3) is 0.0357. The lowest BCUT2D eigenvalue weighted by Crippen LogP contribution is -2.38. The number of hydrogen-bond donors (Lipinski definition) is 0. The van der Waals surface area contributed by atoms with E-state index in [1.807, 2.05) is 0 Å². The highest BCUT2D eigenvalue weighted by Gasteiger charge is 2.50. The van der Waals surface area contributed by atoms with E-state index in [9.17, 15) is 0 Å². The zero-order chi connectivity index (χ0) is 39.9. The molecule has 0 amide bonds. The van der Waals surface area contributed by atoms with Gasteiger partial charge in [-0.25, -0.2) is 9.97 Å². The van der Waals surface area contributed by atoms with Crippen LogP contribution in [0.15, 0.2) is 224 Å². The molecule has 0 bridgehead atoms. The quantitative estimate of drug-likeness (QED) is 0.153. The summed E-state index contributed by atoms with van der Waals surface area (Å²) in [5, 5.41) is 2.06. The number of thiazole rings is 2. The molecule has 0 fully saturated rings. The average Bonchev–Trinajstić information content (AvgIpc) is 3.98. The van der Waals surface area contributed by atoms with Crippen LogP contribution in [-0.2, 0) is 5.41 Å². The van der Waals surface area contributed by atoms with E-state index in [-0.39, 0.29) is 5.92 Å². The Morgan fingerprint density at radius 2 is 0.800 bits per heavy atom. The van der Waals surface area contributed by atoms with E-state index in [0.717, 1.165) is 32.2 Å². The SMILES string of the molecule is C1=C(c2ccc(-c3nc4ccccc4s3)cc2)C(c2ccccc2)=C(c2ccccc2)C(c2ccccc2)(c2ccc(-c3nc4ccccc4s3)cc2)C1c1ccccc1. The topological polar surface area (TPSA) is 25.8 Å². The molecule has 10 aromatic rings. The standard InChI is InChI=1S/C56H38N2S2/c1-5-17-39(18-6-1)47-37-46(38-29-31-42(32-30-38)54-57-48-25-13-15-27-50(48)59-54)52(40-19-7-2-8-20-40)53(41-21-9-3-10-22-41)56(47,44-23-11-4-12-24-44)45-35-33-43(34-36-45)55-58-49-26-14-16-28-51(49)60-55/h1-37,47H. The maximum absolute atomic E-state index is 5.05. The molecule has 0 saturated carbocycles. The molecule has 2 unspecified atom stereocenters. The summed E-state index contributed by atoms with van der Waals surface area (Å²) in [4.78, 5) is 10.1. The number of fused-ring (bicyclic) bond motifs is 2. The van der Waals surface area contributed by atoms with Crippen LogP contribution < -0.4 is 0 Å². The van der Waals surface area contributed by atoms with Gasteiger partial charge in [-0.2, -0.15) is 0 Å². The molecule has 0 N–H and O–H groups in total. The van der Waals surface area contributed by atoms with Gasteiger partial charge in [0.05, 0.1) is 25.8 Å². The fourth-order valence-electron chi connectivity index (χ4n) is 9.17. The second kappa shape index (κ2) is 15.3. The molecule has 8 aromatic carbocycles. The van der Waals surface area contributed by atoms with Gasteiger partial charge in [-0.1, -0.05) is 200 Å². The molecule has 60 heavy (non-hydrogen) atoms. The van der Waals surface area contributed by atoms with Crippen molar-refractivity contribution in [2.45, 2.75) is 11.3 Å². The third kappa shape index (κ3) is 6.24. The Kier molecular flexibility index (Phi) is 9.22. The number of rotatable bonds is 8. The lowest BCUT2D eigenvalue weighted by Gasteiger charge is -2.48. The molecule has 2 nitrogen and oxygen atoms in total. The minimum Gasteiger partial charge on any atom is -0.236 e. The molecule has 11 rings (SSSR count). The van der Waals surface area contributed by atoms with Crippen molar-refractivity contribution in [1.29, 1.82) is 0 Å². The Hall–Kier alpha value is -6.98. The Balaban J connectivity index is 1.20. The molecule has 4 heteroatoms. The summed E-state index contributed by atoms with van der Waals surface area (Å²) in [6, 6.07) is 79.5. The van der Waals surface area contributed by atoms with E-state index in [2.05, 4.69) is 224 Å². The highest BCUT2D eigenvalue weighted by atomic mass is 32.1. The monoisotopic (exact) mass is 802 g/mol. The van der Waals surface area contributed by atoms with E-state index in [1.165, 1.54) is 59.5 Å². The molecule has 1 aliphatic carbocycles. The number of nitrogens with zero attached hydrogens (tertiary/aromatic N) is 2. The van der Waals surface area contributed by atoms with Crippen molar-refractivity contribution >= 4 is 59.8 Å². The number of hydrogen-bond acceptors (Lipinski definition) is 4. The normalized spacial score (nSPS) is 16.6. The van der Waals surface area contributed by atoms with Crippen molar-refractivity contribution in [2.24, 2.45) is 0 Å². The second-order valence-electron chi connectivity index (χ2n) is 15.3. The highest BCUT2D eigenvalue weighted by Crippen LogP contribution is 2.61. The van der Waals surface area contributed by atoms with Crippen LogP contribution in [0.5, 0.6) is 0 Å². The minimum absolute atomic E-state index is 0.0870. The number of aromatic nitrogens is 2. The predicted molar refractivity (Wildman–Crippen MR) is 254 cm³/mol. The molecular weight excluding hydrogens is 765 g/mol. The molecule has 0 aliphatic heterocycles. The van der Waals surface area contributed by atoms with Crippen LogP contribution >= 0.6 is 22.7 Å². The van der Waals surface area contributed by atoms with Crippen molar-refractivity contribution in [3.8, 4) is 21.1 Å². The summed E-state index contributed by atoms with van der Waals surface area (Å²) in [6.45, 7) is 0. The van der Waals surface area contributed by atoms with Crippen LogP contribution in [-0.4, -0.2) is 9.97 Å². The molecular formula is C56H38N2S2. The number of benzene rings is 8. The Labute approximate surface area is 358 Å². The summed E-state index contributed by atoms with van der Waals surface area (Å²) in [5.74, 6) is -0.0870. The van der Waals surface area contributed by atoms with Gasteiger partial charge >= 0.3 is 0 Å². The van der Waals surface area contributed by atoms with Gasteiger partial charge in [0.15, 0.2) is 0 Å². The molecule has 0 radical (unpaired) electrons. The Morgan fingerprint density at radius 1 is 0.367 bits per heavy atom. The van der Waals surface area contributed by atoms with Crippen molar-refractivity contribution in [3.05, 3.63) is 258 Å². The summed E-state index contributed by atoms with van der Waals surface area (Å²) in [7, 11) is 0. The van der Waals surface area contributed by atoms with Crippen LogP contribution in [0.4, 0.5) is 0 Å². The Bertz CT molecular complexity index is 3100. The number of para-hydroxylation sites is 2. The van der Waals surface area contributed by atoms with Gasteiger partial charge in [-0.15, -0.1) is 22.7 Å². The van der Waals surface area contributed by atoms with Gasteiger partial charge in [0.2, 0.25) is 0 Å². The van der Waals surface area contributed by atoms with Crippen molar-refractivity contribution < 1.29 is 0 Å². The van der Waals surface area contributed by atoms with Crippen LogP contribution in [0, 0.1) is 0 Å². The van der Waals surface area contributed by atoms with Gasteiger partial charge < -0.3 is 0 Å². The molecule has 2 atom stereocenters. The third-order valence-corrected chi connectivity index (χ3v) is 14.0. The lowest BCUT2D eigenvalue weighted by molar-refractivity contribution is 0.587. The smallest absolute Gasteiger partial charge is 0.124 e. The zero-order valence-corrected chi connectivity index (χ0v) is 34.3. The van der Waals surface area contributed by atoms with E-state index < -0.39 is 5.41 Å². The predicted octanol–water partition coefficient (Wildman–Crippen LogP) is 15.0. The molecule has 284 valence electrons. The van der Waals surface area contributed by atoms with Crippen LogP contribution in [0.2, 0.25) is 0 Å². The van der Waals surface area contributed by atoms with E-state index in [1.54, 1.807) is 22.7 Å². The number of allylic oxidation sites excluding steroid dienone is 4. The molecule has 0 spiro atoms. The van der Waals surface area contributed by atoms with Gasteiger partial charge in [0.25, 0.3) is 0 Å². The first kappa shape index (κ1) is 36.1. The minimum atomic E-state index is -0.647. The van der Waals surface area contributed by atoms with E-state index in [0.29, 0.717) is 0 Å². The molecule has 2 aromatic heterocycles. The van der Waals surface area contributed by atoms with Crippen molar-refractivity contribution in [2.75, 3.05) is 0 Å². The van der Waals surface area contributed by atoms with E-state index in [4.69, 9.17) is 9.97 Å². The summed E-state index contributed by atoms with van der Waals surface area (Å²) in [6.07, 6.45) is 2.56. The lowest BCUT2D eigenvalue weighted by atomic mass is 9.53. The summed E-state index contributed by atoms with van der Waals surface area (Å²) >= 11 is 3.49. The first-order valence-corrected chi connectivity index (χ1v) is 22.0. The van der Waals surface area contributed by atoms with Crippen LogP contribution in [0.3, 0.4) is 0 Å². The highest BCUT2D eigenvalue weighted by molar-refractivity contribution is 7.22. The third-order valence-electron chi connectivity index (χ3n) is 11.8. The van der Waals surface area contributed by atoms with Gasteiger partial charge in [-0.3, -0.25) is 0 Å². The van der Waals surface area contributed by atoms with Gasteiger partial charge in [-0.05, 0) is 74.4 Å². The van der Waals surface area contributed by atoms with Gasteiger partial charge in [0.1, 0.15) is 10.0 Å². The first-order valence-electron chi connectivity index (χ1n) is 20.4. The summed E-state index contributed by atoms with van der Waals surface area (Å²) < 4.78 is 2.39. The van der Waals surface area contributed by atoms with Crippen LogP contribution in [0.25, 0.3) is 58.3 Å². The summed E-state index contributed by atoms with van der Waals surface area (Å²) in [5.41, 5.74) is 14.6.